The molecule has 0 radical (unpaired) electrons. The van der Waals surface area contributed by atoms with Gasteiger partial charge in [0.2, 0.25) is 0 Å². The molecule has 7 heteroatoms. The van der Waals surface area contributed by atoms with E-state index in [4.69, 9.17) is 20.0 Å². The lowest BCUT2D eigenvalue weighted by molar-refractivity contribution is -0.150. The van der Waals surface area contributed by atoms with Crippen molar-refractivity contribution in [2.45, 2.75) is 25.0 Å². The van der Waals surface area contributed by atoms with Gasteiger partial charge in [0.15, 0.2) is 6.10 Å². The van der Waals surface area contributed by atoms with Crippen molar-refractivity contribution in [3.8, 4) is 5.75 Å². The molecule has 0 saturated carbocycles. The minimum absolute atomic E-state index is 0.0596. The summed E-state index contributed by atoms with van der Waals surface area (Å²) in [7, 11) is 1.33. The van der Waals surface area contributed by atoms with Crippen molar-refractivity contribution in [1.82, 2.24) is 10.6 Å². The fraction of sp³-hybridized carbons (Fsp3) is 0.500. The number of ether oxygens (including phenoxy) is 2. The van der Waals surface area contributed by atoms with E-state index in [-0.39, 0.29) is 6.61 Å². The van der Waals surface area contributed by atoms with Crippen molar-refractivity contribution >= 4 is 11.8 Å². The summed E-state index contributed by atoms with van der Waals surface area (Å²) in [5.74, 6) is -0.118. The first-order chi connectivity index (χ1) is 11.1. The van der Waals surface area contributed by atoms with Crippen LogP contribution in [0.5, 0.6) is 5.75 Å². The average molecular weight is 321 g/mol. The molecular weight excluding hydrogens is 298 g/mol. The summed E-state index contributed by atoms with van der Waals surface area (Å²) in [5.41, 5.74) is 0.775. The Labute approximate surface area is 135 Å². The van der Waals surface area contributed by atoms with Crippen molar-refractivity contribution in [2.75, 3.05) is 26.8 Å². The Balaban J connectivity index is 1.85. The molecule has 0 bridgehead atoms. The lowest BCUT2D eigenvalue weighted by atomic mass is 10.1. The van der Waals surface area contributed by atoms with E-state index in [0.717, 1.165) is 31.5 Å². The topological polar surface area (TPSA) is 104 Å². The van der Waals surface area contributed by atoms with Crippen molar-refractivity contribution in [1.29, 1.82) is 5.41 Å². The Morgan fingerprint density at radius 1 is 1.39 bits per heavy atom. The molecule has 126 valence electrons. The number of carboxylic acids is 1. The number of hydrogen-bond acceptors (Lipinski definition) is 5. The van der Waals surface area contributed by atoms with Gasteiger partial charge in [-0.1, -0.05) is 0 Å². The van der Waals surface area contributed by atoms with E-state index in [9.17, 15) is 4.79 Å². The molecule has 7 nitrogen and oxygen atoms in total. The molecule has 1 aromatic rings. The van der Waals surface area contributed by atoms with Gasteiger partial charge in [-0.15, -0.1) is 0 Å². The highest BCUT2D eigenvalue weighted by molar-refractivity contribution is 5.96. The number of piperidine rings is 1. The van der Waals surface area contributed by atoms with E-state index in [1.165, 1.54) is 7.11 Å². The summed E-state index contributed by atoms with van der Waals surface area (Å²) in [5, 5.41) is 23.5. The quantitative estimate of drug-likeness (QED) is 0.438. The van der Waals surface area contributed by atoms with Gasteiger partial charge in [0.1, 0.15) is 18.2 Å². The number of methoxy groups -OCH3 is 1. The van der Waals surface area contributed by atoms with E-state index in [1.54, 1.807) is 24.3 Å². The van der Waals surface area contributed by atoms with E-state index < -0.39 is 12.1 Å². The van der Waals surface area contributed by atoms with Crippen LogP contribution in [0.15, 0.2) is 24.3 Å². The normalized spacial score (nSPS) is 16.6. The van der Waals surface area contributed by atoms with Gasteiger partial charge in [0.05, 0.1) is 0 Å². The molecule has 23 heavy (non-hydrogen) atoms. The summed E-state index contributed by atoms with van der Waals surface area (Å²) in [4.78, 5) is 10.8. The van der Waals surface area contributed by atoms with Gasteiger partial charge in [-0.3, -0.25) is 5.41 Å². The molecule has 0 aromatic heterocycles. The molecule has 2 rings (SSSR count). The van der Waals surface area contributed by atoms with Crippen molar-refractivity contribution < 1.29 is 19.4 Å². The minimum atomic E-state index is -1.06. The van der Waals surface area contributed by atoms with Gasteiger partial charge in [0, 0.05) is 18.7 Å². The zero-order valence-corrected chi connectivity index (χ0v) is 13.2. The van der Waals surface area contributed by atoms with Crippen LogP contribution in [0.3, 0.4) is 0 Å². The summed E-state index contributed by atoms with van der Waals surface area (Å²) < 4.78 is 10.2. The van der Waals surface area contributed by atoms with Gasteiger partial charge in [-0.2, -0.15) is 0 Å². The highest BCUT2D eigenvalue weighted by Gasteiger charge is 2.17. The van der Waals surface area contributed by atoms with E-state index in [0.29, 0.717) is 17.6 Å². The Kier molecular flexibility index (Phi) is 6.37. The van der Waals surface area contributed by atoms with Crippen LogP contribution >= 0.6 is 0 Å². The molecule has 0 unspecified atom stereocenters. The van der Waals surface area contributed by atoms with Crippen molar-refractivity contribution in [3.63, 3.8) is 0 Å². The third-order valence-corrected chi connectivity index (χ3v) is 3.79. The van der Waals surface area contributed by atoms with Gasteiger partial charge in [-0.25, -0.2) is 4.79 Å². The van der Waals surface area contributed by atoms with Crippen LogP contribution < -0.4 is 15.4 Å². The van der Waals surface area contributed by atoms with Crippen LogP contribution in [0.4, 0.5) is 0 Å². The fourth-order valence-electron chi connectivity index (χ4n) is 2.38. The summed E-state index contributed by atoms with van der Waals surface area (Å²) >= 11 is 0. The van der Waals surface area contributed by atoms with Crippen LogP contribution in [0.2, 0.25) is 0 Å². The first-order valence-corrected chi connectivity index (χ1v) is 7.65. The van der Waals surface area contributed by atoms with Crippen LogP contribution in [0.25, 0.3) is 0 Å². The summed E-state index contributed by atoms with van der Waals surface area (Å²) in [6, 6.07) is 7.35. The molecular formula is C16H23N3O4. The summed E-state index contributed by atoms with van der Waals surface area (Å²) in [6.45, 7) is 1.89. The molecule has 1 aromatic carbocycles. The highest BCUT2D eigenvalue weighted by atomic mass is 16.5. The van der Waals surface area contributed by atoms with Crippen LogP contribution in [0.1, 0.15) is 18.4 Å². The van der Waals surface area contributed by atoms with Gasteiger partial charge in [-0.05, 0) is 50.2 Å². The number of hydrogen-bond donors (Lipinski definition) is 4. The molecule has 1 aliphatic rings. The third kappa shape index (κ3) is 5.22. The zero-order valence-electron chi connectivity index (χ0n) is 13.2. The molecule has 1 aliphatic heterocycles. The molecule has 1 fully saturated rings. The summed E-state index contributed by atoms with van der Waals surface area (Å²) in [6.07, 6.45) is 1.03. The smallest absolute Gasteiger partial charge is 0.336 e. The number of carbonyl (C=O) groups is 1. The monoisotopic (exact) mass is 321 g/mol. The van der Waals surface area contributed by atoms with Gasteiger partial charge >= 0.3 is 5.97 Å². The Bertz CT molecular complexity index is 527. The SMILES string of the molecule is CO[C@@H](COc1ccc(C(=N)NC2CCNCC2)cc1)C(=O)O. The second-order valence-electron chi connectivity index (χ2n) is 5.44. The van der Waals surface area contributed by atoms with Crippen molar-refractivity contribution in [3.05, 3.63) is 29.8 Å². The molecule has 4 N–H and O–H groups in total. The number of nitrogens with one attached hydrogen (secondary N) is 3. The lowest BCUT2D eigenvalue weighted by Crippen LogP contribution is -2.42. The number of rotatable bonds is 7. The first kappa shape index (κ1) is 17.2. The lowest BCUT2D eigenvalue weighted by Gasteiger charge is -2.24. The number of benzene rings is 1. The second kappa shape index (κ2) is 8.50. The van der Waals surface area contributed by atoms with Crippen LogP contribution in [-0.4, -0.2) is 55.9 Å². The zero-order chi connectivity index (χ0) is 16.7. The maximum absolute atomic E-state index is 10.8. The second-order valence-corrected chi connectivity index (χ2v) is 5.44. The number of carboxylic acid groups (broad SMARTS) is 1. The minimum Gasteiger partial charge on any atom is -0.490 e. The molecule has 1 saturated heterocycles. The van der Waals surface area contributed by atoms with Gasteiger partial charge < -0.3 is 25.2 Å². The average Bonchev–Trinajstić information content (AvgIpc) is 2.56. The fourth-order valence-corrected chi connectivity index (χ4v) is 2.38. The Morgan fingerprint density at radius 3 is 2.61 bits per heavy atom. The molecule has 1 heterocycles. The third-order valence-electron chi connectivity index (χ3n) is 3.79. The largest absolute Gasteiger partial charge is 0.490 e. The van der Waals surface area contributed by atoms with E-state index in [2.05, 4.69) is 10.6 Å². The van der Waals surface area contributed by atoms with Crippen LogP contribution in [0, 0.1) is 5.41 Å². The molecule has 0 aliphatic carbocycles. The highest BCUT2D eigenvalue weighted by Crippen LogP contribution is 2.13. The van der Waals surface area contributed by atoms with Crippen molar-refractivity contribution in [2.24, 2.45) is 0 Å². The number of aliphatic carboxylic acids is 1. The maximum atomic E-state index is 10.8. The van der Waals surface area contributed by atoms with Gasteiger partial charge in [0.25, 0.3) is 0 Å². The van der Waals surface area contributed by atoms with E-state index in [1.807, 2.05) is 0 Å². The predicted octanol–water partition coefficient (Wildman–Crippen LogP) is 0.832. The van der Waals surface area contributed by atoms with E-state index >= 15 is 0 Å². The standard InChI is InChI=1S/C16H23N3O4/c1-22-14(16(20)21)10-23-13-4-2-11(3-5-13)15(17)19-12-6-8-18-9-7-12/h2-5,12,14,18H,6-10H2,1H3,(H2,17,19)(H,20,21)/t14-/m0/s1. The molecule has 0 amide bonds. The maximum Gasteiger partial charge on any atom is 0.336 e. The molecule has 0 spiro atoms. The predicted molar refractivity (Wildman–Crippen MR) is 86.2 cm³/mol. The Hall–Kier alpha value is -2.12. The number of amidine groups is 1. The Morgan fingerprint density at radius 2 is 2.04 bits per heavy atom. The van der Waals surface area contributed by atoms with Crippen LogP contribution in [-0.2, 0) is 9.53 Å². The first-order valence-electron chi connectivity index (χ1n) is 7.65. The molecule has 1 atom stereocenters.